The number of halogens is 1. The molecule has 1 N–H and O–H groups in total. The van der Waals surface area contributed by atoms with Crippen LogP contribution >= 0.6 is 0 Å². The van der Waals surface area contributed by atoms with Crippen molar-refractivity contribution in [3.63, 3.8) is 0 Å². The topological polar surface area (TPSA) is 68.5 Å². The van der Waals surface area contributed by atoms with Gasteiger partial charge in [-0.3, -0.25) is 4.79 Å². The third-order valence-electron chi connectivity index (χ3n) is 5.38. The van der Waals surface area contributed by atoms with Crippen LogP contribution in [0, 0.1) is 5.82 Å². The smallest absolute Gasteiger partial charge is 0.349 e. The minimum Gasteiger partial charge on any atom is -0.422 e. The molecule has 1 aliphatic rings. The summed E-state index contributed by atoms with van der Waals surface area (Å²) in [5, 5.41) is 3.57. The highest BCUT2D eigenvalue weighted by Crippen LogP contribution is 2.34. The minimum atomic E-state index is -0.668. The molecule has 5 nitrogen and oxygen atoms in total. The number of benzene rings is 2. The molecule has 1 aliphatic heterocycles. The Hall–Kier alpha value is -2.99. The van der Waals surface area contributed by atoms with E-state index in [0.717, 1.165) is 5.56 Å². The highest BCUT2D eigenvalue weighted by molar-refractivity contribution is 5.96. The lowest BCUT2D eigenvalue weighted by atomic mass is 9.74. The first-order valence-corrected chi connectivity index (χ1v) is 9.22. The number of para-hydroxylation sites is 1. The molecule has 0 radical (unpaired) electrons. The molecule has 2 aromatic carbocycles. The maximum absolute atomic E-state index is 13.3. The number of hydrogen-bond donors (Lipinski definition) is 1. The molecular formula is C22H20FNO4. The summed E-state index contributed by atoms with van der Waals surface area (Å²) >= 11 is 0. The summed E-state index contributed by atoms with van der Waals surface area (Å²) < 4.78 is 24.1. The molecular weight excluding hydrogens is 361 g/mol. The quantitative estimate of drug-likeness (QED) is 0.704. The third kappa shape index (κ3) is 3.55. The van der Waals surface area contributed by atoms with Crippen LogP contribution in [0.15, 0.2) is 63.8 Å². The van der Waals surface area contributed by atoms with Crippen LogP contribution in [-0.2, 0) is 10.2 Å². The van der Waals surface area contributed by atoms with Crippen molar-refractivity contribution in [2.24, 2.45) is 0 Å². The predicted molar refractivity (Wildman–Crippen MR) is 103 cm³/mol. The van der Waals surface area contributed by atoms with Gasteiger partial charge in [0.2, 0.25) is 0 Å². The van der Waals surface area contributed by atoms with Crippen LogP contribution in [0.2, 0.25) is 0 Å². The monoisotopic (exact) mass is 381 g/mol. The lowest BCUT2D eigenvalue weighted by molar-refractivity contribution is 0.0486. The van der Waals surface area contributed by atoms with Crippen molar-refractivity contribution in [1.82, 2.24) is 5.32 Å². The zero-order chi connectivity index (χ0) is 19.6. The predicted octanol–water partition coefficient (Wildman–Crippen LogP) is 3.41. The summed E-state index contributed by atoms with van der Waals surface area (Å²) in [6.45, 7) is 1.45. The molecule has 2 heterocycles. The molecule has 0 spiro atoms. The molecule has 28 heavy (non-hydrogen) atoms. The van der Waals surface area contributed by atoms with Gasteiger partial charge in [0.05, 0.1) is 0 Å². The molecule has 1 aromatic heterocycles. The number of fused-ring (bicyclic) bond motifs is 1. The van der Waals surface area contributed by atoms with E-state index in [1.54, 1.807) is 36.4 Å². The molecule has 0 aliphatic carbocycles. The average molecular weight is 381 g/mol. The molecule has 6 heteroatoms. The van der Waals surface area contributed by atoms with E-state index in [9.17, 15) is 14.0 Å². The van der Waals surface area contributed by atoms with Crippen LogP contribution in [0.25, 0.3) is 11.0 Å². The molecule has 3 aromatic rings. The summed E-state index contributed by atoms with van der Waals surface area (Å²) in [6, 6.07) is 14.9. The Morgan fingerprint density at radius 2 is 1.79 bits per heavy atom. The Kier molecular flexibility index (Phi) is 4.96. The number of nitrogens with one attached hydrogen (secondary N) is 1. The van der Waals surface area contributed by atoms with E-state index < -0.39 is 11.5 Å². The van der Waals surface area contributed by atoms with E-state index in [1.807, 2.05) is 6.07 Å². The number of carbonyl (C=O) groups excluding carboxylic acids is 1. The standard InChI is InChI=1S/C22H20FNO4/c23-17-7-5-16(6-8-17)22(9-11-27-12-10-22)14-24-20(25)18-13-15-3-1-2-4-19(15)28-21(18)26/h1-8,13H,9-12,14H2,(H,24,25). The fraction of sp³-hybridized carbons (Fsp3) is 0.273. The zero-order valence-electron chi connectivity index (χ0n) is 15.2. The van der Waals surface area contributed by atoms with Crippen LogP contribution in [0.4, 0.5) is 4.39 Å². The molecule has 144 valence electrons. The molecule has 0 atom stereocenters. The van der Waals surface area contributed by atoms with Gasteiger partial charge in [0.1, 0.15) is 17.0 Å². The SMILES string of the molecule is O=C(NCC1(c2ccc(F)cc2)CCOCC1)c1cc2ccccc2oc1=O. The number of ether oxygens (including phenoxy) is 1. The Morgan fingerprint density at radius 1 is 1.07 bits per heavy atom. The number of amides is 1. The maximum Gasteiger partial charge on any atom is 0.349 e. The van der Waals surface area contributed by atoms with Crippen molar-refractivity contribution >= 4 is 16.9 Å². The third-order valence-corrected chi connectivity index (χ3v) is 5.38. The van der Waals surface area contributed by atoms with Crippen molar-refractivity contribution in [3.05, 3.63) is 82.0 Å². The lowest BCUT2D eigenvalue weighted by Crippen LogP contribution is -2.45. The Bertz CT molecular complexity index is 1050. The summed E-state index contributed by atoms with van der Waals surface area (Å²) in [4.78, 5) is 24.9. The second kappa shape index (κ2) is 7.56. The molecule has 4 rings (SSSR count). The van der Waals surface area contributed by atoms with Gasteiger partial charge >= 0.3 is 5.63 Å². The number of hydrogen-bond acceptors (Lipinski definition) is 4. The van der Waals surface area contributed by atoms with Crippen LogP contribution in [0.5, 0.6) is 0 Å². The van der Waals surface area contributed by atoms with Crippen molar-refractivity contribution in [2.75, 3.05) is 19.8 Å². The van der Waals surface area contributed by atoms with Gasteiger partial charge in [-0.2, -0.15) is 0 Å². The van der Waals surface area contributed by atoms with E-state index >= 15 is 0 Å². The number of rotatable bonds is 4. The van der Waals surface area contributed by atoms with Crippen molar-refractivity contribution in [1.29, 1.82) is 0 Å². The van der Waals surface area contributed by atoms with Gasteiger partial charge in [-0.15, -0.1) is 0 Å². The second-order valence-electron chi connectivity index (χ2n) is 7.07. The van der Waals surface area contributed by atoms with E-state index in [1.165, 1.54) is 12.1 Å². The van der Waals surface area contributed by atoms with Gasteiger partial charge < -0.3 is 14.5 Å². The summed E-state index contributed by atoms with van der Waals surface area (Å²) in [6.07, 6.45) is 1.40. The lowest BCUT2D eigenvalue weighted by Gasteiger charge is -2.38. The van der Waals surface area contributed by atoms with E-state index in [-0.39, 0.29) is 16.8 Å². The van der Waals surface area contributed by atoms with Gasteiger partial charge in [-0.05, 0) is 42.7 Å². The Morgan fingerprint density at radius 3 is 2.54 bits per heavy atom. The van der Waals surface area contributed by atoms with Gasteiger partial charge in [-0.1, -0.05) is 30.3 Å². The molecule has 0 unspecified atom stereocenters. The van der Waals surface area contributed by atoms with E-state index in [2.05, 4.69) is 5.32 Å². The summed E-state index contributed by atoms with van der Waals surface area (Å²) in [5.41, 5.74) is 0.330. The highest BCUT2D eigenvalue weighted by Gasteiger charge is 2.35. The summed E-state index contributed by atoms with van der Waals surface area (Å²) in [5.74, 6) is -0.781. The van der Waals surface area contributed by atoms with Gasteiger partial charge in [0.25, 0.3) is 5.91 Å². The molecule has 1 fully saturated rings. The maximum atomic E-state index is 13.3. The van der Waals surface area contributed by atoms with E-state index in [0.29, 0.717) is 43.6 Å². The molecule has 0 bridgehead atoms. The summed E-state index contributed by atoms with van der Waals surface area (Å²) in [7, 11) is 0. The largest absolute Gasteiger partial charge is 0.422 e. The van der Waals surface area contributed by atoms with Crippen LogP contribution in [0.3, 0.4) is 0 Å². The van der Waals surface area contributed by atoms with Crippen molar-refractivity contribution < 1.29 is 18.3 Å². The Labute approximate surface area is 161 Å². The Balaban J connectivity index is 1.59. The van der Waals surface area contributed by atoms with Gasteiger partial charge in [0, 0.05) is 30.6 Å². The molecule has 1 amide bonds. The normalized spacial score (nSPS) is 16.0. The average Bonchev–Trinajstić information content (AvgIpc) is 2.72. The minimum absolute atomic E-state index is 0.0278. The van der Waals surface area contributed by atoms with Crippen LogP contribution < -0.4 is 10.9 Å². The van der Waals surface area contributed by atoms with Crippen LogP contribution in [0.1, 0.15) is 28.8 Å². The molecule has 0 saturated carbocycles. The molecule has 1 saturated heterocycles. The van der Waals surface area contributed by atoms with Crippen molar-refractivity contribution in [3.8, 4) is 0 Å². The van der Waals surface area contributed by atoms with Gasteiger partial charge in [0.15, 0.2) is 0 Å². The fourth-order valence-corrected chi connectivity index (χ4v) is 3.70. The first-order valence-electron chi connectivity index (χ1n) is 9.22. The van der Waals surface area contributed by atoms with Crippen LogP contribution in [-0.4, -0.2) is 25.7 Å². The second-order valence-corrected chi connectivity index (χ2v) is 7.07. The van der Waals surface area contributed by atoms with Crippen molar-refractivity contribution in [2.45, 2.75) is 18.3 Å². The fourth-order valence-electron chi connectivity index (χ4n) is 3.70. The van der Waals surface area contributed by atoms with E-state index in [4.69, 9.17) is 9.15 Å². The van der Waals surface area contributed by atoms with Gasteiger partial charge in [-0.25, -0.2) is 9.18 Å². The first-order chi connectivity index (χ1) is 13.6. The highest BCUT2D eigenvalue weighted by atomic mass is 19.1. The number of carbonyl (C=O) groups is 1. The first kappa shape index (κ1) is 18.4. The zero-order valence-corrected chi connectivity index (χ0v) is 15.2.